The lowest BCUT2D eigenvalue weighted by Crippen LogP contribution is -2.04. The van der Waals surface area contributed by atoms with Crippen molar-refractivity contribution >= 4 is 27.4 Å². The fraction of sp³-hybridized carbons (Fsp3) is 0.125. The fourth-order valence-electron chi connectivity index (χ4n) is 0.946. The van der Waals surface area contributed by atoms with E-state index in [9.17, 15) is 23.7 Å². The summed E-state index contributed by atoms with van der Waals surface area (Å²) < 4.78 is 25.7. The third kappa shape index (κ3) is 2.35. The molecule has 1 aromatic carbocycles. The maximum Gasteiger partial charge on any atom is 0.308 e. The molecule has 0 N–H and O–H groups in total. The fourth-order valence-corrected chi connectivity index (χ4v) is 1.27. The molecule has 0 amide bonds. The zero-order chi connectivity index (χ0) is 11.6. The Morgan fingerprint density at radius 3 is 2.53 bits per heavy atom. The van der Waals surface area contributed by atoms with Crippen LogP contribution < -0.4 is 0 Å². The van der Waals surface area contributed by atoms with Crippen LogP contribution in [0.25, 0.3) is 0 Å². The molecule has 0 aromatic heterocycles. The van der Waals surface area contributed by atoms with Crippen molar-refractivity contribution < 1.29 is 18.5 Å². The van der Waals surface area contributed by atoms with Gasteiger partial charge in [0.2, 0.25) is 5.82 Å². The molecule has 7 heteroatoms. The summed E-state index contributed by atoms with van der Waals surface area (Å²) in [6.45, 7) is 0. The highest BCUT2D eigenvalue weighted by molar-refractivity contribution is 9.09. The number of nitro groups is 1. The number of nitro benzene ring substituents is 1. The van der Waals surface area contributed by atoms with Crippen LogP contribution in [0.1, 0.15) is 10.4 Å². The summed E-state index contributed by atoms with van der Waals surface area (Å²) in [6.07, 6.45) is 0. The summed E-state index contributed by atoms with van der Waals surface area (Å²) in [7, 11) is 0. The summed E-state index contributed by atoms with van der Waals surface area (Å²) in [5, 5.41) is 10.2. The van der Waals surface area contributed by atoms with Crippen LogP contribution in [0.5, 0.6) is 0 Å². The van der Waals surface area contributed by atoms with Gasteiger partial charge in [0.25, 0.3) is 0 Å². The van der Waals surface area contributed by atoms with Gasteiger partial charge in [-0.05, 0) is 6.07 Å². The average molecular weight is 280 g/mol. The molecule has 0 aliphatic carbocycles. The number of alkyl halides is 1. The summed E-state index contributed by atoms with van der Waals surface area (Å²) in [5.74, 6) is -3.53. The first kappa shape index (κ1) is 11.7. The molecule has 0 heterocycles. The number of rotatable bonds is 3. The van der Waals surface area contributed by atoms with Gasteiger partial charge in [0.15, 0.2) is 11.6 Å². The lowest BCUT2D eigenvalue weighted by atomic mass is 10.1. The highest BCUT2D eigenvalue weighted by atomic mass is 79.9. The Kier molecular flexibility index (Phi) is 3.46. The largest absolute Gasteiger partial charge is 0.308 e. The molecule has 0 aliphatic rings. The van der Waals surface area contributed by atoms with E-state index in [0.29, 0.717) is 12.1 Å². The highest BCUT2D eigenvalue weighted by Gasteiger charge is 2.21. The molecular weight excluding hydrogens is 276 g/mol. The summed E-state index contributed by atoms with van der Waals surface area (Å²) in [4.78, 5) is 20.3. The number of carbonyl (C=O) groups excluding carboxylic acids is 1. The van der Waals surface area contributed by atoms with E-state index < -0.39 is 28.0 Å². The molecule has 0 spiro atoms. The second-order valence-corrected chi connectivity index (χ2v) is 3.17. The van der Waals surface area contributed by atoms with Gasteiger partial charge in [0.05, 0.1) is 10.3 Å². The van der Waals surface area contributed by atoms with Gasteiger partial charge in [-0.1, -0.05) is 15.9 Å². The average Bonchev–Trinajstić information content (AvgIpc) is 2.20. The molecule has 80 valence electrons. The first-order valence-electron chi connectivity index (χ1n) is 3.70. The quantitative estimate of drug-likeness (QED) is 0.370. The number of halogens is 3. The van der Waals surface area contributed by atoms with Gasteiger partial charge >= 0.3 is 5.69 Å². The number of hydrogen-bond donors (Lipinski definition) is 0. The number of nitrogens with zero attached hydrogens (tertiary/aromatic N) is 1. The van der Waals surface area contributed by atoms with Crippen LogP contribution in [0.2, 0.25) is 0 Å². The van der Waals surface area contributed by atoms with E-state index in [0.717, 1.165) is 0 Å². The van der Waals surface area contributed by atoms with Crippen LogP contribution in [0.15, 0.2) is 12.1 Å². The molecule has 1 rings (SSSR count). The topological polar surface area (TPSA) is 60.2 Å². The second-order valence-electron chi connectivity index (χ2n) is 2.61. The summed E-state index contributed by atoms with van der Waals surface area (Å²) in [5.41, 5.74) is -1.28. The van der Waals surface area contributed by atoms with Crippen LogP contribution in [-0.4, -0.2) is 16.0 Å². The zero-order valence-corrected chi connectivity index (χ0v) is 8.75. The lowest BCUT2D eigenvalue weighted by Gasteiger charge is -1.99. The van der Waals surface area contributed by atoms with E-state index in [1.807, 2.05) is 0 Å². The predicted molar refractivity (Wildman–Crippen MR) is 51.1 cm³/mol. The third-order valence-corrected chi connectivity index (χ3v) is 2.16. The van der Waals surface area contributed by atoms with Gasteiger partial charge < -0.3 is 0 Å². The van der Waals surface area contributed by atoms with Gasteiger partial charge in [-0.25, -0.2) is 4.39 Å². The number of hydrogen-bond acceptors (Lipinski definition) is 3. The molecule has 0 saturated heterocycles. The molecule has 0 aliphatic heterocycles. The van der Waals surface area contributed by atoms with Crippen LogP contribution in [0, 0.1) is 21.7 Å². The normalized spacial score (nSPS) is 10.1. The summed E-state index contributed by atoms with van der Waals surface area (Å²) in [6, 6.07) is 1.34. The van der Waals surface area contributed by atoms with E-state index in [-0.39, 0.29) is 10.9 Å². The van der Waals surface area contributed by atoms with Gasteiger partial charge in [-0.2, -0.15) is 4.39 Å². The van der Waals surface area contributed by atoms with Crippen molar-refractivity contribution in [2.45, 2.75) is 0 Å². The monoisotopic (exact) mass is 279 g/mol. The molecule has 0 bridgehead atoms. The third-order valence-electron chi connectivity index (χ3n) is 1.65. The van der Waals surface area contributed by atoms with Gasteiger partial charge in [0.1, 0.15) is 0 Å². The Labute approximate surface area is 91.2 Å². The molecule has 0 radical (unpaired) electrons. The minimum absolute atomic E-state index is 0.116. The van der Waals surface area contributed by atoms with Gasteiger partial charge in [0, 0.05) is 11.6 Å². The molecule has 0 fully saturated rings. The Balaban J connectivity index is 3.35. The minimum Gasteiger partial charge on any atom is -0.293 e. The van der Waals surface area contributed by atoms with Crippen LogP contribution in [0.3, 0.4) is 0 Å². The molecule has 0 unspecified atom stereocenters. The molecule has 1 aromatic rings. The Morgan fingerprint density at radius 2 is 2.07 bits per heavy atom. The van der Waals surface area contributed by atoms with Crippen molar-refractivity contribution in [1.82, 2.24) is 0 Å². The van der Waals surface area contributed by atoms with Gasteiger partial charge in [-0.3, -0.25) is 14.9 Å². The standard InChI is InChI=1S/C8H4BrF2NO3/c9-3-7(13)4-1-5(10)8(11)6(2-4)12(14)15/h1-2H,3H2. The first-order valence-corrected chi connectivity index (χ1v) is 4.82. The molecular formula is C8H4BrF2NO3. The van der Waals surface area contributed by atoms with Crippen LogP contribution in [0.4, 0.5) is 14.5 Å². The van der Waals surface area contributed by atoms with Crippen molar-refractivity contribution in [3.05, 3.63) is 39.4 Å². The number of Topliss-reactive ketones (excluding diaryl/α,β-unsaturated/α-hetero) is 1. The van der Waals surface area contributed by atoms with Crippen molar-refractivity contribution in [2.24, 2.45) is 0 Å². The second kappa shape index (κ2) is 4.43. The first-order chi connectivity index (χ1) is 6.97. The maximum absolute atomic E-state index is 12.9. The van der Waals surface area contributed by atoms with Crippen LogP contribution >= 0.6 is 15.9 Å². The summed E-state index contributed by atoms with van der Waals surface area (Å²) >= 11 is 2.82. The van der Waals surface area contributed by atoms with E-state index in [1.54, 1.807) is 0 Å². The van der Waals surface area contributed by atoms with Crippen molar-refractivity contribution in [3.63, 3.8) is 0 Å². The van der Waals surface area contributed by atoms with Crippen molar-refractivity contribution in [3.8, 4) is 0 Å². The van der Waals surface area contributed by atoms with Crippen molar-refractivity contribution in [1.29, 1.82) is 0 Å². The zero-order valence-electron chi connectivity index (χ0n) is 7.17. The molecule has 15 heavy (non-hydrogen) atoms. The minimum atomic E-state index is -1.56. The smallest absolute Gasteiger partial charge is 0.293 e. The lowest BCUT2D eigenvalue weighted by molar-refractivity contribution is -0.387. The van der Waals surface area contributed by atoms with Crippen LogP contribution in [-0.2, 0) is 0 Å². The van der Waals surface area contributed by atoms with E-state index in [1.165, 1.54) is 0 Å². The SMILES string of the molecule is O=C(CBr)c1cc(F)c(F)c([N+](=O)[O-])c1. The number of benzene rings is 1. The van der Waals surface area contributed by atoms with E-state index in [2.05, 4.69) is 15.9 Å². The molecule has 0 saturated carbocycles. The van der Waals surface area contributed by atoms with E-state index >= 15 is 0 Å². The number of ketones is 1. The predicted octanol–water partition coefficient (Wildman–Crippen LogP) is 2.45. The Bertz CT molecular complexity index is 436. The Hall–Kier alpha value is -1.37. The van der Waals surface area contributed by atoms with Crippen molar-refractivity contribution in [2.75, 3.05) is 5.33 Å². The number of carbonyl (C=O) groups is 1. The highest BCUT2D eigenvalue weighted by Crippen LogP contribution is 2.22. The molecule has 4 nitrogen and oxygen atoms in total. The van der Waals surface area contributed by atoms with E-state index in [4.69, 9.17) is 0 Å². The Morgan fingerprint density at radius 1 is 1.47 bits per heavy atom. The molecule has 0 atom stereocenters. The van der Waals surface area contributed by atoms with Gasteiger partial charge in [-0.15, -0.1) is 0 Å². The maximum atomic E-state index is 12.9.